The Hall–Kier alpha value is -3.00. The van der Waals surface area contributed by atoms with Crippen molar-refractivity contribution in [3.8, 4) is 11.3 Å². The van der Waals surface area contributed by atoms with Gasteiger partial charge in [0.05, 0.1) is 36.8 Å². The summed E-state index contributed by atoms with van der Waals surface area (Å²) in [6.45, 7) is 4.50. The topological polar surface area (TPSA) is 81.0 Å². The van der Waals surface area contributed by atoms with Crippen LogP contribution in [0, 0.1) is 0 Å². The fourth-order valence-electron chi connectivity index (χ4n) is 3.55. The molecule has 172 valence electrons. The standard InChI is InChI=1S/C24H22Cl2N2O5/c1-2-32-24(30)15-3-4-20(28-7-9-31-10-8-28)19(13-15)27-23(29)22-6-5-21(33-22)16-11-17(25)14-18(26)12-16/h3-6,11-14H,2,7-10H2,1H3,(H,27,29). The number of nitrogens with zero attached hydrogens (tertiary/aromatic N) is 1. The highest BCUT2D eigenvalue weighted by atomic mass is 35.5. The number of benzene rings is 2. The number of anilines is 2. The maximum atomic E-state index is 13.0. The molecule has 7 nitrogen and oxygen atoms in total. The quantitative estimate of drug-likeness (QED) is 0.460. The lowest BCUT2D eigenvalue weighted by atomic mass is 10.1. The van der Waals surface area contributed by atoms with Crippen molar-refractivity contribution in [2.45, 2.75) is 6.92 Å². The maximum absolute atomic E-state index is 13.0. The van der Waals surface area contributed by atoms with E-state index in [-0.39, 0.29) is 12.4 Å². The minimum absolute atomic E-state index is 0.107. The van der Waals surface area contributed by atoms with Crippen LogP contribution in [0.2, 0.25) is 10.0 Å². The molecule has 4 rings (SSSR count). The Morgan fingerprint density at radius 2 is 1.76 bits per heavy atom. The van der Waals surface area contributed by atoms with E-state index in [4.69, 9.17) is 37.1 Å². The summed E-state index contributed by atoms with van der Waals surface area (Å²) in [6, 6.07) is 13.4. The van der Waals surface area contributed by atoms with Gasteiger partial charge in [0.2, 0.25) is 0 Å². The molecule has 1 amide bonds. The number of nitrogens with one attached hydrogen (secondary N) is 1. The number of rotatable bonds is 6. The molecule has 3 aromatic rings. The van der Waals surface area contributed by atoms with E-state index in [2.05, 4.69) is 10.2 Å². The summed E-state index contributed by atoms with van der Waals surface area (Å²) in [5.41, 5.74) is 2.27. The molecule has 1 fully saturated rings. The molecule has 2 aromatic carbocycles. The average molecular weight is 489 g/mol. The molecule has 9 heteroatoms. The van der Waals surface area contributed by atoms with Crippen LogP contribution in [-0.4, -0.2) is 44.8 Å². The van der Waals surface area contributed by atoms with E-state index in [1.54, 1.807) is 55.5 Å². The molecule has 0 radical (unpaired) electrons. The zero-order valence-electron chi connectivity index (χ0n) is 17.9. The number of halogens is 2. The van der Waals surface area contributed by atoms with Gasteiger partial charge in [0.25, 0.3) is 5.91 Å². The lowest BCUT2D eigenvalue weighted by Gasteiger charge is -2.30. The fraction of sp³-hybridized carbons (Fsp3) is 0.250. The van der Waals surface area contributed by atoms with Crippen LogP contribution in [0.25, 0.3) is 11.3 Å². The van der Waals surface area contributed by atoms with Gasteiger partial charge in [0, 0.05) is 28.7 Å². The first-order chi connectivity index (χ1) is 15.9. The number of furan rings is 1. The molecule has 0 saturated carbocycles. The van der Waals surface area contributed by atoms with Crippen molar-refractivity contribution < 1.29 is 23.5 Å². The molecule has 0 aliphatic carbocycles. The fourth-order valence-corrected chi connectivity index (χ4v) is 4.08. The normalized spacial score (nSPS) is 13.6. The van der Waals surface area contributed by atoms with Crippen molar-refractivity contribution in [1.82, 2.24) is 0 Å². The van der Waals surface area contributed by atoms with E-state index in [1.165, 1.54) is 0 Å². The molecule has 0 unspecified atom stereocenters. The van der Waals surface area contributed by atoms with Crippen LogP contribution in [0.5, 0.6) is 0 Å². The number of morpholine rings is 1. The van der Waals surface area contributed by atoms with Crippen LogP contribution in [-0.2, 0) is 9.47 Å². The summed E-state index contributed by atoms with van der Waals surface area (Å²) in [6.07, 6.45) is 0. The molecule has 1 saturated heterocycles. The van der Waals surface area contributed by atoms with Crippen LogP contribution in [0.3, 0.4) is 0 Å². The summed E-state index contributed by atoms with van der Waals surface area (Å²) < 4.78 is 16.3. The summed E-state index contributed by atoms with van der Waals surface area (Å²) >= 11 is 12.1. The van der Waals surface area contributed by atoms with Crippen molar-refractivity contribution in [1.29, 1.82) is 0 Å². The molecular weight excluding hydrogens is 467 g/mol. The number of hydrogen-bond donors (Lipinski definition) is 1. The molecule has 33 heavy (non-hydrogen) atoms. The van der Waals surface area contributed by atoms with Crippen molar-refractivity contribution in [3.63, 3.8) is 0 Å². The molecule has 1 aromatic heterocycles. The third-order valence-corrected chi connectivity index (χ3v) is 5.52. The lowest BCUT2D eigenvalue weighted by molar-refractivity contribution is 0.0526. The number of carbonyl (C=O) groups excluding carboxylic acids is 2. The second-order valence-corrected chi connectivity index (χ2v) is 8.20. The van der Waals surface area contributed by atoms with Crippen molar-refractivity contribution in [3.05, 3.63) is 69.9 Å². The van der Waals surface area contributed by atoms with Gasteiger partial charge in [-0.2, -0.15) is 0 Å². The van der Waals surface area contributed by atoms with E-state index in [0.717, 1.165) is 5.69 Å². The Kier molecular flexibility index (Phi) is 7.23. The van der Waals surface area contributed by atoms with E-state index in [9.17, 15) is 9.59 Å². The second kappa shape index (κ2) is 10.3. The molecule has 1 aliphatic rings. The van der Waals surface area contributed by atoms with Crippen LogP contribution in [0.15, 0.2) is 52.9 Å². The average Bonchev–Trinajstić information content (AvgIpc) is 3.30. The molecule has 0 spiro atoms. The first-order valence-electron chi connectivity index (χ1n) is 10.5. The highest BCUT2D eigenvalue weighted by Crippen LogP contribution is 2.31. The monoisotopic (exact) mass is 488 g/mol. The molecule has 2 heterocycles. The third-order valence-electron chi connectivity index (χ3n) is 5.08. The smallest absolute Gasteiger partial charge is 0.338 e. The third kappa shape index (κ3) is 5.50. The predicted octanol–water partition coefficient (Wildman–Crippen LogP) is 5.52. The van der Waals surface area contributed by atoms with E-state index < -0.39 is 11.9 Å². The van der Waals surface area contributed by atoms with Gasteiger partial charge in [-0.3, -0.25) is 4.79 Å². The number of ether oxygens (including phenoxy) is 2. The Bertz CT molecular complexity index is 1150. The second-order valence-electron chi connectivity index (χ2n) is 7.33. The summed E-state index contributed by atoms with van der Waals surface area (Å²) in [5.74, 6) is -0.349. The van der Waals surface area contributed by atoms with Crippen molar-refractivity contribution in [2.24, 2.45) is 0 Å². The summed E-state index contributed by atoms with van der Waals surface area (Å²) in [7, 11) is 0. The van der Waals surface area contributed by atoms with Crippen molar-refractivity contribution >= 4 is 46.5 Å². The maximum Gasteiger partial charge on any atom is 0.338 e. The Balaban J connectivity index is 1.61. The first kappa shape index (κ1) is 23.2. The van der Waals surface area contributed by atoms with E-state index in [0.29, 0.717) is 58.9 Å². The number of hydrogen-bond acceptors (Lipinski definition) is 6. The van der Waals surface area contributed by atoms with Gasteiger partial charge < -0.3 is 24.1 Å². The largest absolute Gasteiger partial charge is 0.462 e. The van der Waals surface area contributed by atoms with Crippen LogP contribution >= 0.6 is 23.2 Å². The number of carbonyl (C=O) groups is 2. The van der Waals surface area contributed by atoms with E-state index in [1.807, 2.05) is 0 Å². The Labute approximate surface area is 201 Å². The van der Waals surface area contributed by atoms with Crippen LogP contribution < -0.4 is 10.2 Å². The lowest BCUT2D eigenvalue weighted by Crippen LogP contribution is -2.36. The van der Waals surface area contributed by atoms with E-state index >= 15 is 0 Å². The molecule has 1 N–H and O–H groups in total. The van der Waals surface area contributed by atoms with Crippen LogP contribution in [0.1, 0.15) is 27.8 Å². The zero-order chi connectivity index (χ0) is 23.4. The van der Waals surface area contributed by atoms with Gasteiger partial charge >= 0.3 is 5.97 Å². The van der Waals surface area contributed by atoms with Gasteiger partial charge in [-0.1, -0.05) is 23.2 Å². The van der Waals surface area contributed by atoms with Gasteiger partial charge in [-0.15, -0.1) is 0 Å². The minimum Gasteiger partial charge on any atom is -0.462 e. The van der Waals surface area contributed by atoms with Gasteiger partial charge in [-0.25, -0.2) is 4.79 Å². The molecule has 0 bridgehead atoms. The highest BCUT2D eigenvalue weighted by molar-refractivity contribution is 6.35. The molecule has 0 atom stereocenters. The van der Waals surface area contributed by atoms with Gasteiger partial charge in [-0.05, 0) is 55.5 Å². The van der Waals surface area contributed by atoms with Gasteiger partial charge in [0.15, 0.2) is 5.76 Å². The minimum atomic E-state index is -0.459. The summed E-state index contributed by atoms with van der Waals surface area (Å²) in [5, 5.41) is 3.80. The van der Waals surface area contributed by atoms with Crippen LogP contribution in [0.4, 0.5) is 11.4 Å². The summed E-state index contributed by atoms with van der Waals surface area (Å²) in [4.78, 5) is 27.4. The number of esters is 1. The zero-order valence-corrected chi connectivity index (χ0v) is 19.4. The Morgan fingerprint density at radius 1 is 1.03 bits per heavy atom. The molecule has 1 aliphatic heterocycles. The predicted molar refractivity (Wildman–Crippen MR) is 128 cm³/mol. The van der Waals surface area contributed by atoms with Gasteiger partial charge in [0.1, 0.15) is 5.76 Å². The Morgan fingerprint density at radius 3 is 2.45 bits per heavy atom. The first-order valence-corrected chi connectivity index (χ1v) is 11.2. The highest BCUT2D eigenvalue weighted by Gasteiger charge is 2.21. The molecular formula is C24H22Cl2N2O5. The van der Waals surface area contributed by atoms with Crippen molar-refractivity contribution in [2.75, 3.05) is 43.1 Å². The number of amides is 1. The SMILES string of the molecule is CCOC(=O)c1ccc(N2CCOCC2)c(NC(=O)c2ccc(-c3cc(Cl)cc(Cl)c3)o2)c1.